The summed E-state index contributed by atoms with van der Waals surface area (Å²) in [6.07, 6.45) is 4.57. The zero-order valence-corrected chi connectivity index (χ0v) is 14.1. The van der Waals surface area contributed by atoms with E-state index in [-0.39, 0.29) is 6.10 Å². The van der Waals surface area contributed by atoms with Gasteiger partial charge in [-0.05, 0) is 51.0 Å². The molecule has 0 spiro atoms. The third kappa shape index (κ3) is 4.48. The number of anilines is 1. The Labute approximate surface area is 136 Å². The molecule has 1 heterocycles. The minimum atomic E-state index is 0.141. The lowest BCUT2D eigenvalue weighted by Crippen LogP contribution is -2.11. The van der Waals surface area contributed by atoms with Crippen molar-refractivity contribution in [2.45, 2.75) is 40.2 Å². The van der Waals surface area contributed by atoms with Gasteiger partial charge >= 0.3 is 0 Å². The van der Waals surface area contributed by atoms with Crippen LogP contribution in [0.15, 0.2) is 29.5 Å². The van der Waals surface area contributed by atoms with Crippen LogP contribution in [0.4, 0.5) is 5.95 Å². The molecule has 2 rings (SSSR count). The minimum absolute atomic E-state index is 0.141. The van der Waals surface area contributed by atoms with Crippen LogP contribution in [0.25, 0.3) is 0 Å². The van der Waals surface area contributed by atoms with Crippen LogP contribution in [0.5, 0.6) is 11.5 Å². The van der Waals surface area contributed by atoms with Crippen LogP contribution in [0.3, 0.4) is 0 Å². The van der Waals surface area contributed by atoms with E-state index in [1.807, 2.05) is 39.0 Å². The van der Waals surface area contributed by atoms with Gasteiger partial charge in [-0.15, -0.1) is 0 Å². The number of nitrogens with two attached hydrogens (primary N) is 1. The van der Waals surface area contributed by atoms with Gasteiger partial charge in [-0.25, -0.2) is 9.66 Å². The van der Waals surface area contributed by atoms with Crippen molar-refractivity contribution in [3.05, 3.63) is 35.7 Å². The molecule has 0 aliphatic carbocycles. The van der Waals surface area contributed by atoms with E-state index in [1.165, 1.54) is 0 Å². The summed E-state index contributed by atoms with van der Waals surface area (Å²) in [6.45, 7) is 8.52. The Morgan fingerprint density at radius 1 is 1.35 bits per heavy atom. The second kappa shape index (κ2) is 7.67. The van der Waals surface area contributed by atoms with Crippen LogP contribution in [0.2, 0.25) is 0 Å². The second-order valence-electron chi connectivity index (χ2n) is 5.31. The average molecular weight is 316 g/mol. The van der Waals surface area contributed by atoms with Crippen molar-refractivity contribution < 1.29 is 9.47 Å². The Bertz CT molecular complexity index is 679. The fraction of sp³-hybridized carbons (Fsp3) is 0.412. The van der Waals surface area contributed by atoms with E-state index in [4.69, 9.17) is 15.2 Å². The molecular weight excluding hydrogens is 292 g/mol. The number of hydrogen-bond acceptors (Lipinski definition) is 5. The van der Waals surface area contributed by atoms with Gasteiger partial charge in [0.25, 0.3) is 0 Å². The van der Waals surface area contributed by atoms with Gasteiger partial charge in [0.2, 0.25) is 5.95 Å². The first-order valence-electron chi connectivity index (χ1n) is 7.82. The van der Waals surface area contributed by atoms with Crippen molar-refractivity contribution >= 4 is 12.2 Å². The van der Waals surface area contributed by atoms with E-state index in [9.17, 15) is 0 Å². The van der Waals surface area contributed by atoms with Crippen molar-refractivity contribution in [1.29, 1.82) is 0 Å². The van der Waals surface area contributed by atoms with Crippen molar-refractivity contribution in [2.24, 2.45) is 5.10 Å². The van der Waals surface area contributed by atoms with Gasteiger partial charge in [-0.2, -0.15) is 5.10 Å². The summed E-state index contributed by atoms with van der Waals surface area (Å²) in [5.74, 6) is 1.82. The van der Waals surface area contributed by atoms with E-state index in [1.54, 1.807) is 17.1 Å². The normalized spacial score (nSPS) is 12.5. The molecule has 0 fully saturated rings. The monoisotopic (exact) mass is 316 g/mol. The number of nitrogen functional groups attached to an aromatic ring is 1. The molecule has 0 bridgehead atoms. The van der Waals surface area contributed by atoms with Crippen LogP contribution in [0.1, 0.15) is 38.4 Å². The summed E-state index contributed by atoms with van der Waals surface area (Å²) in [5, 5.41) is 4.31. The highest BCUT2D eigenvalue weighted by Gasteiger charge is 2.09. The standard InChI is InChI=1S/C17H24N4O2/c1-5-13(4)23-15-8-7-14(9-16(15)22-6-2)10-19-21-11-12(3)20-17(21)18/h7-11,13H,5-6H2,1-4H3,(H2,18,20). The highest BCUT2D eigenvalue weighted by molar-refractivity contribution is 5.81. The number of nitrogens with zero attached hydrogens (tertiary/aromatic N) is 3. The zero-order chi connectivity index (χ0) is 16.8. The molecule has 0 radical (unpaired) electrons. The molecule has 1 unspecified atom stereocenters. The fourth-order valence-electron chi connectivity index (χ4n) is 2.00. The van der Waals surface area contributed by atoms with Gasteiger partial charge < -0.3 is 15.2 Å². The topological polar surface area (TPSA) is 74.7 Å². The van der Waals surface area contributed by atoms with E-state index < -0.39 is 0 Å². The first-order valence-corrected chi connectivity index (χ1v) is 7.82. The zero-order valence-electron chi connectivity index (χ0n) is 14.1. The quantitative estimate of drug-likeness (QED) is 0.796. The lowest BCUT2D eigenvalue weighted by Gasteiger charge is -2.16. The van der Waals surface area contributed by atoms with Crippen LogP contribution in [0, 0.1) is 6.92 Å². The predicted molar refractivity (Wildman–Crippen MR) is 92.4 cm³/mol. The number of benzene rings is 1. The minimum Gasteiger partial charge on any atom is -0.490 e. The number of ether oxygens (including phenoxy) is 2. The van der Waals surface area contributed by atoms with E-state index in [0.29, 0.717) is 18.3 Å². The van der Waals surface area contributed by atoms with Crippen LogP contribution < -0.4 is 15.2 Å². The van der Waals surface area contributed by atoms with Gasteiger partial charge in [0.15, 0.2) is 11.5 Å². The molecule has 6 nitrogen and oxygen atoms in total. The molecule has 124 valence electrons. The Hall–Kier alpha value is -2.50. The smallest absolute Gasteiger partial charge is 0.221 e. The average Bonchev–Trinajstić information content (AvgIpc) is 2.85. The molecule has 0 aliphatic heterocycles. The molecule has 2 N–H and O–H groups in total. The summed E-state index contributed by atoms with van der Waals surface area (Å²) in [6, 6.07) is 5.75. The lowest BCUT2D eigenvalue weighted by atomic mass is 10.2. The third-order valence-corrected chi connectivity index (χ3v) is 3.34. The molecule has 0 aliphatic rings. The Balaban J connectivity index is 2.22. The summed E-state index contributed by atoms with van der Waals surface area (Å²) in [7, 11) is 0. The van der Waals surface area contributed by atoms with E-state index in [0.717, 1.165) is 23.4 Å². The van der Waals surface area contributed by atoms with Crippen molar-refractivity contribution in [1.82, 2.24) is 9.66 Å². The van der Waals surface area contributed by atoms with Gasteiger partial charge in [0.1, 0.15) is 0 Å². The van der Waals surface area contributed by atoms with Crippen LogP contribution in [-0.2, 0) is 0 Å². The molecule has 2 aromatic rings. The van der Waals surface area contributed by atoms with Gasteiger partial charge in [-0.3, -0.25) is 0 Å². The van der Waals surface area contributed by atoms with Crippen molar-refractivity contribution in [2.75, 3.05) is 12.3 Å². The molecule has 0 amide bonds. The number of rotatable bonds is 7. The van der Waals surface area contributed by atoms with Crippen molar-refractivity contribution in [3.8, 4) is 11.5 Å². The maximum atomic E-state index is 5.88. The number of imidazole rings is 1. The summed E-state index contributed by atoms with van der Waals surface area (Å²) in [5.41, 5.74) is 7.50. The molecule has 1 atom stereocenters. The maximum Gasteiger partial charge on any atom is 0.221 e. The summed E-state index contributed by atoms with van der Waals surface area (Å²) < 4.78 is 13.1. The summed E-state index contributed by atoms with van der Waals surface area (Å²) in [4.78, 5) is 4.11. The predicted octanol–water partition coefficient (Wildman–Crippen LogP) is 3.23. The highest BCUT2D eigenvalue weighted by Crippen LogP contribution is 2.29. The first kappa shape index (κ1) is 16.9. The molecule has 1 aromatic heterocycles. The van der Waals surface area contributed by atoms with Gasteiger partial charge in [-0.1, -0.05) is 6.92 Å². The fourth-order valence-corrected chi connectivity index (χ4v) is 2.00. The molecular formula is C17H24N4O2. The van der Waals surface area contributed by atoms with Gasteiger partial charge in [0, 0.05) is 0 Å². The van der Waals surface area contributed by atoms with Gasteiger partial charge in [0.05, 0.1) is 30.8 Å². The lowest BCUT2D eigenvalue weighted by molar-refractivity contribution is 0.203. The maximum absolute atomic E-state index is 5.88. The highest BCUT2D eigenvalue weighted by atomic mass is 16.5. The third-order valence-electron chi connectivity index (χ3n) is 3.34. The Morgan fingerprint density at radius 2 is 2.13 bits per heavy atom. The molecule has 6 heteroatoms. The van der Waals surface area contributed by atoms with Crippen LogP contribution >= 0.6 is 0 Å². The largest absolute Gasteiger partial charge is 0.490 e. The molecule has 0 saturated carbocycles. The molecule has 1 aromatic carbocycles. The van der Waals surface area contributed by atoms with Crippen molar-refractivity contribution in [3.63, 3.8) is 0 Å². The molecule has 23 heavy (non-hydrogen) atoms. The number of aryl methyl sites for hydroxylation is 1. The van der Waals surface area contributed by atoms with E-state index >= 15 is 0 Å². The second-order valence-corrected chi connectivity index (χ2v) is 5.31. The number of hydrogen-bond donors (Lipinski definition) is 1. The first-order chi connectivity index (χ1) is 11.0. The Kier molecular flexibility index (Phi) is 5.62. The van der Waals surface area contributed by atoms with E-state index in [2.05, 4.69) is 17.0 Å². The molecule has 0 saturated heterocycles. The van der Waals surface area contributed by atoms with Crippen LogP contribution in [-0.4, -0.2) is 28.6 Å². The Morgan fingerprint density at radius 3 is 2.74 bits per heavy atom. The SMILES string of the molecule is CCOc1cc(C=Nn2cc(C)nc2N)ccc1OC(C)CC. The number of aromatic nitrogens is 2. The summed E-state index contributed by atoms with van der Waals surface area (Å²) >= 11 is 0.